The van der Waals surface area contributed by atoms with Gasteiger partial charge in [-0.3, -0.25) is 13.9 Å². The Hall–Kier alpha value is -3.27. The van der Waals surface area contributed by atoms with Gasteiger partial charge in [-0.1, -0.05) is 71.7 Å². The highest BCUT2D eigenvalue weighted by atomic mass is 35.5. The number of nitrogens with zero attached hydrogens (tertiary/aromatic N) is 2. The van der Waals surface area contributed by atoms with Gasteiger partial charge in [0.15, 0.2) is 0 Å². The highest BCUT2D eigenvalue weighted by Crippen LogP contribution is 2.31. The van der Waals surface area contributed by atoms with Crippen LogP contribution in [-0.4, -0.2) is 57.1 Å². The Morgan fingerprint density at radius 1 is 0.925 bits per heavy atom. The highest BCUT2D eigenvalue weighted by molar-refractivity contribution is 7.92. The van der Waals surface area contributed by atoms with E-state index in [1.165, 1.54) is 4.90 Å². The zero-order valence-electron chi connectivity index (χ0n) is 22.6. The van der Waals surface area contributed by atoms with Crippen LogP contribution in [0.2, 0.25) is 10.0 Å². The molecular formula is C29H33Cl2N3O5S. The maximum absolute atomic E-state index is 14.1. The first-order chi connectivity index (χ1) is 19.1. The van der Waals surface area contributed by atoms with Crippen molar-refractivity contribution in [3.63, 3.8) is 0 Å². The minimum absolute atomic E-state index is 0.114. The lowest BCUT2D eigenvalue weighted by Gasteiger charge is -2.34. The number of nitrogens with one attached hydrogen (secondary N) is 1. The first kappa shape index (κ1) is 31.3. The van der Waals surface area contributed by atoms with Gasteiger partial charge in [-0.25, -0.2) is 8.42 Å². The zero-order valence-corrected chi connectivity index (χ0v) is 25.0. The number of hydrogen-bond donors (Lipinski definition) is 1. The van der Waals surface area contributed by atoms with Crippen LogP contribution in [0.1, 0.15) is 25.0 Å². The number of rotatable bonds is 13. The van der Waals surface area contributed by atoms with Crippen molar-refractivity contribution in [2.75, 3.05) is 30.3 Å². The van der Waals surface area contributed by atoms with Gasteiger partial charge in [0.1, 0.15) is 18.3 Å². The molecule has 0 radical (unpaired) electrons. The Morgan fingerprint density at radius 2 is 1.55 bits per heavy atom. The second-order valence-corrected chi connectivity index (χ2v) is 11.7. The summed E-state index contributed by atoms with van der Waals surface area (Å²) in [6.07, 6.45) is 1.21. The van der Waals surface area contributed by atoms with Crippen molar-refractivity contribution in [2.24, 2.45) is 0 Å². The van der Waals surface area contributed by atoms with E-state index in [4.69, 9.17) is 27.9 Å². The first-order valence-electron chi connectivity index (χ1n) is 12.8. The quantitative estimate of drug-likeness (QED) is 0.298. The number of sulfonamides is 1. The second kappa shape index (κ2) is 14.4. The van der Waals surface area contributed by atoms with Crippen LogP contribution in [0, 0.1) is 0 Å². The van der Waals surface area contributed by atoms with Crippen LogP contribution in [0.4, 0.5) is 5.69 Å². The molecule has 0 aliphatic carbocycles. The van der Waals surface area contributed by atoms with Gasteiger partial charge in [0.25, 0.3) is 0 Å². The van der Waals surface area contributed by atoms with E-state index in [2.05, 4.69) is 5.32 Å². The molecule has 0 aliphatic heterocycles. The van der Waals surface area contributed by atoms with E-state index in [0.29, 0.717) is 34.5 Å². The van der Waals surface area contributed by atoms with Crippen molar-refractivity contribution in [1.29, 1.82) is 0 Å². The summed E-state index contributed by atoms with van der Waals surface area (Å²) in [6.45, 7) is 3.52. The predicted octanol–water partition coefficient (Wildman–Crippen LogP) is 4.93. The summed E-state index contributed by atoms with van der Waals surface area (Å²) < 4.78 is 32.6. The Morgan fingerprint density at radius 3 is 2.15 bits per heavy atom. The molecule has 2 amide bonds. The monoisotopic (exact) mass is 605 g/mol. The lowest BCUT2D eigenvalue weighted by atomic mass is 10.0. The molecule has 3 rings (SSSR count). The third-order valence-corrected chi connectivity index (χ3v) is 7.96. The SMILES string of the molecule is CCNC(=O)[C@@H](Cc1ccccc1)N(Cc1c(Cl)cccc1Cl)C(=O)CN(c1ccccc1OCC)S(C)(=O)=O. The van der Waals surface area contributed by atoms with Gasteiger partial charge < -0.3 is 15.0 Å². The second-order valence-electron chi connectivity index (χ2n) is 8.99. The molecular weight excluding hydrogens is 573 g/mol. The number of halogens is 2. The molecule has 0 unspecified atom stereocenters. The molecule has 40 heavy (non-hydrogen) atoms. The summed E-state index contributed by atoms with van der Waals surface area (Å²) in [5, 5.41) is 3.45. The number of carbonyl (C=O) groups is 2. The van der Waals surface area contributed by atoms with Crippen molar-refractivity contribution in [3.8, 4) is 5.75 Å². The summed E-state index contributed by atoms with van der Waals surface area (Å²) in [5.41, 5.74) is 1.49. The van der Waals surface area contributed by atoms with Crippen LogP contribution in [0.25, 0.3) is 0 Å². The smallest absolute Gasteiger partial charge is 0.244 e. The predicted molar refractivity (Wildman–Crippen MR) is 159 cm³/mol. The molecule has 3 aromatic carbocycles. The largest absolute Gasteiger partial charge is 0.492 e. The van der Waals surface area contributed by atoms with E-state index in [9.17, 15) is 18.0 Å². The van der Waals surface area contributed by atoms with Crippen LogP contribution in [0.15, 0.2) is 72.8 Å². The molecule has 0 heterocycles. The number of hydrogen-bond acceptors (Lipinski definition) is 5. The van der Waals surface area contributed by atoms with Gasteiger partial charge in [0.2, 0.25) is 21.8 Å². The van der Waals surface area contributed by atoms with Crippen LogP contribution in [-0.2, 0) is 32.6 Å². The summed E-state index contributed by atoms with van der Waals surface area (Å²) in [6, 6.07) is 19.8. The molecule has 0 aromatic heterocycles. The number of benzene rings is 3. The maximum atomic E-state index is 14.1. The fourth-order valence-electron chi connectivity index (χ4n) is 4.24. The van der Waals surface area contributed by atoms with Crippen LogP contribution < -0.4 is 14.4 Å². The minimum Gasteiger partial charge on any atom is -0.492 e. The molecule has 1 N–H and O–H groups in total. The average Bonchev–Trinajstić information content (AvgIpc) is 2.91. The van der Waals surface area contributed by atoms with Gasteiger partial charge in [0, 0.05) is 35.1 Å². The standard InChI is InChI=1S/C29H33Cl2N3O5S/c1-4-32-29(36)26(18-21-12-7-6-8-13-21)33(19-22-23(30)14-11-15-24(22)31)28(35)20-34(40(3,37)38)25-16-9-10-17-27(25)39-5-2/h6-17,26H,4-5,18-20H2,1-3H3,(H,32,36)/t26-/m1/s1. The van der Waals surface area contributed by atoms with Gasteiger partial charge in [0.05, 0.1) is 18.6 Å². The zero-order chi connectivity index (χ0) is 29.3. The number of para-hydroxylation sites is 2. The fourth-order valence-corrected chi connectivity index (χ4v) is 5.61. The van der Waals surface area contributed by atoms with Crippen molar-refractivity contribution in [3.05, 3.63) is 94.0 Å². The minimum atomic E-state index is -3.94. The van der Waals surface area contributed by atoms with Crippen molar-refractivity contribution in [2.45, 2.75) is 32.9 Å². The molecule has 214 valence electrons. The Labute approximate surface area is 245 Å². The highest BCUT2D eigenvalue weighted by Gasteiger charge is 2.34. The Kier molecular flexibility index (Phi) is 11.2. The van der Waals surface area contributed by atoms with Crippen LogP contribution in [0.5, 0.6) is 5.75 Å². The van der Waals surface area contributed by atoms with Crippen LogP contribution >= 0.6 is 23.2 Å². The number of ether oxygens (including phenoxy) is 1. The van der Waals surface area contributed by atoms with E-state index in [0.717, 1.165) is 16.1 Å². The molecule has 8 nitrogen and oxygen atoms in total. The summed E-state index contributed by atoms with van der Waals surface area (Å²) in [5.74, 6) is -0.683. The molecule has 3 aromatic rings. The third kappa shape index (κ3) is 8.13. The molecule has 0 bridgehead atoms. The van der Waals surface area contributed by atoms with E-state index in [1.807, 2.05) is 30.3 Å². The Balaban J connectivity index is 2.11. The molecule has 0 fully saturated rings. The number of anilines is 1. The molecule has 0 spiro atoms. The summed E-state index contributed by atoms with van der Waals surface area (Å²) in [4.78, 5) is 28.9. The van der Waals surface area contributed by atoms with Gasteiger partial charge in [-0.2, -0.15) is 0 Å². The molecule has 11 heteroatoms. The normalized spacial score (nSPS) is 11.9. The molecule has 0 aliphatic rings. The molecule has 0 saturated carbocycles. The van der Waals surface area contributed by atoms with Gasteiger partial charge in [-0.05, 0) is 43.7 Å². The van der Waals surface area contributed by atoms with Crippen molar-refractivity contribution in [1.82, 2.24) is 10.2 Å². The summed E-state index contributed by atoms with van der Waals surface area (Å²) in [7, 11) is -3.94. The Bertz CT molecular complexity index is 1400. The van der Waals surface area contributed by atoms with Crippen LogP contribution in [0.3, 0.4) is 0 Å². The molecule has 1 atom stereocenters. The van der Waals surface area contributed by atoms with E-state index < -0.39 is 28.5 Å². The number of carbonyl (C=O) groups excluding carboxylic acids is 2. The summed E-state index contributed by atoms with van der Waals surface area (Å²) >= 11 is 12.9. The van der Waals surface area contributed by atoms with E-state index >= 15 is 0 Å². The topological polar surface area (TPSA) is 96.0 Å². The lowest BCUT2D eigenvalue weighted by molar-refractivity contribution is -0.140. The number of likely N-dealkylation sites (N-methyl/N-ethyl adjacent to an activating group) is 1. The molecule has 0 saturated heterocycles. The van der Waals surface area contributed by atoms with Crippen molar-refractivity contribution >= 4 is 50.7 Å². The maximum Gasteiger partial charge on any atom is 0.244 e. The average molecular weight is 607 g/mol. The van der Waals surface area contributed by atoms with Gasteiger partial charge in [-0.15, -0.1) is 0 Å². The van der Waals surface area contributed by atoms with E-state index in [1.54, 1.807) is 56.3 Å². The first-order valence-corrected chi connectivity index (χ1v) is 15.4. The number of amides is 2. The van der Waals surface area contributed by atoms with Crippen molar-refractivity contribution < 1.29 is 22.7 Å². The fraction of sp³-hybridized carbons (Fsp3) is 0.310. The van der Waals surface area contributed by atoms with E-state index in [-0.39, 0.29) is 24.6 Å². The lowest BCUT2D eigenvalue weighted by Crippen LogP contribution is -2.53. The van der Waals surface area contributed by atoms with Gasteiger partial charge >= 0.3 is 0 Å². The third-order valence-electron chi connectivity index (χ3n) is 6.13.